The molecule has 0 aromatic carbocycles. The Morgan fingerprint density at radius 3 is 2.92 bits per heavy atom. The molecule has 0 spiro atoms. The number of nitrogens with one attached hydrogen (secondary N) is 1. The summed E-state index contributed by atoms with van der Waals surface area (Å²) in [5.74, 6) is 7.71. The molecule has 0 saturated carbocycles. The molecule has 0 saturated heterocycles. The fraction of sp³-hybridized carbons (Fsp3) is 0.556. The molecule has 1 atom stereocenters. The van der Waals surface area contributed by atoms with Crippen molar-refractivity contribution in [2.24, 2.45) is 5.84 Å². The van der Waals surface area contributed by atoms with Crippen LogP contribution in [0.15, 0.2) is 11.4 Å². The van der Waals surface area contributed by atoms with E-state index >= 15 is 0 Å². The number of hydrogen-bond acceptors (Lipinski definition) is 4. The van der Waals surface area contributed by atoms with Crippen LogP contribution in [0.2, 0.25) is 0 Å². The molecule has 0 bridgehead atoms. The minimum absolute atomic E-state index is 0.310. The first-order valence-corrected chi connectivity index (χ1v) is 6.40. The summed E-state index contributed by atoms with van der Waals surface area (Å²) in [7, 11) is 0. The van der Waals surface area contributed by atoms with Gasteiger partial charge in [-0.05, 0) is 29.7 Å². The second-order valence-corrected chi connectivity index (χ2v) is 5.11. The first-order chi connectivity index (χ1) is 6.29. The fourth-order valence-electron chi connectivity index (χ4n) is 1.18. The largest absolute Gasteiger partial charge is 0.271 e. The summed E-state index contributed by atoms with van der Waals surface area (Å²) < 4.78 is 0. The molecule has 0 aliphatic rings. The van der Waals surface area contributed by atoms with E-state index in [1.165, 1.54) is 10.4 Å². The maximum atomic E-state index is 5.52. The van der Waals surface area contributed by atoms with E-state index in [9.17, 15) is 0 Å². The van der Waals surface area contributed by atoms with Gasteiger partial charge in [-0.1, -0.05) is 6.92 Å². The van der Waals surface area contributed by atoms with E-state index in [2.05, 4.69) is 30.7 Å². The Balaban J connectivity index is 2.61. The van der Waals surface area contributed by atoms with Crippen molar-refractivity contribution >= 4 is 23.1 Å². The van der Waals surface area contributed by atoms with Crippen molar-refractivity contribution in [3.63, 3.8) is 0 Å². The van der Waals surface area contributed by atoms with Gasteiger partial charge in [0.15, 0.2) is 0 Å². The molecule has 4 heteroatoms. The highest BCUT2D eigenvalue weighted by atomic mass is 32.2. The van der Waals surface area contributed by atoms with Gasteiger partial charge in [-0.15, -0.1) is 11.3 Å². The van der Waals surface area contributed by atoms with Gasteiger partial charge in [0.25, 0.3) is 0 Å². The van der Waals surface area contributed by atoms with Gasteiger partial charge in [0, 0.05) is 10.6 Å². The zero-order valence-electron chi connectivity index (χ0n) is 8.04. The molecule has 74 valence electrons. The van der Waals surface area contributed by atoms with Crippen LogP contribution in [0.25, 0.3) is 0 Å². The Morgan fingerprint density at radius 2 is 2.46 bits per heavy atom. The molecular formula is C9H16N2S2. The second-order valence-electron chi connectivity index (χ2n) is 2.85. The molecule has 0 fully saturated rings. The lowest BCUT2D eigenvalue weighted by Crippen LogP contribution is -2.29. The van der Waals surface area contributed by atoms with Crippen molar-refractivity contribution in [2.75, 3.05) is 11.5 Å². The molecular weight excluding hydrogens is 200 g/mol. The number of thiophene rings is 1. The number of hydrazine groups is 1. The average Bonchev–Trinajstić information content (AvgIpc) is 2.54. The van der Waals surface area contributed by atoms with Crippen LogP contribution < -0.4 is 11.3 Å². The maximum Gasteiger partial charge on any atom is 0.0646 e. The van der Waals surface area contributed by atoms with Crippen LogP contribution >= 0.6 is 23.1 Å². The van der Waals surface area contributed by atoms with Gasteiger partial charge < -0.3 is 0 Å². The zero-order valence-corrected chi connectivity index (χ0v) is 9.67. The summed E-state index contributed by atoms with van der Waals surface area (Å²) >= 11 is 3.69. The van der Waals surface area contributed by atoms with Crippen LogP contribution in [-0.4, -0.2) is 11.5 Å². The predicted molar refractivity (Wildman–Crippen MR) is 62.1 cm³/mol. The van der Waals surface area contributed by atoms with Crippen molar-refractivity contribution in [1.29, 1.82) is 0 Å². The van der Waals surface area contributed by atoms with Crippen molar-refractivity contribution in [1.82, 2.24) is 5.43 Å². The molecule has 0 aliphatic carbocycles. The third kappa shape index (κ3) is 2.98. The fourth-order valence-corrected chi connectivity index (χ4v) is 3.00. The molecule has 2 nitrogen and oxygen atoms in total. The SMILES string of the molecule is CCSCC(NN)c1sccc1C. The monoisotopic (exact) mass is 216 g/mol. The summed E-state index contributed by atoms with van der Waals surface area (Å²) in [4.78, 5) is 1.36. The smallest absolute Gasteiger partial charge is 0.0646 e. The first-order valence-electron chi connectivity index (χ1n) is 4.37. The highest BCUT2D eigenvalue weighted by Gasteiger charge is 2.12. The predicted octanol–water partition coefficient (Wildman–Crippen LogP) is 2.31. The number of aryl methyl sites for hydroxylation is 1. The molecule has 13 heavy (non-hydrogen) atoms. The molecule has 0 radical (unpaired) electrons. The van der Waals surface area contributed by atoms with Crippen molar-refractivity contribution < 1.29 is 0 Å². The van der Waals surface area contributed by atoms with Gasteiger partial charge in [-0.25, -0.2) is 0 Å². The number of thioether (sulfide) groups is 1. The van der Waals surface area contributed by atoms with Gasteiger partial charge in [0.05, 0.1) is 6.04 Å². The van der Waals surface area contributed by atoms with Gasteiger partial charge in [0.1, 0.15) is 0 Å². The van der Waals surface area contributed by atoms with Crippen LogP contribution in [0.5, 0.6) is 0 Å². The second kappa shape index (κ2) is 5.65. The third-order valence-electron chi connectivity index (χ3n) is 1.91. The van der Waals surface area contributed by atoms with Crippen LogP contribution in [0.1, 0.15) is 23.4 Å². The molecule has 1 aromatic heterocycles. The van der Waals surface area contributed by atoms with Crippen LogP contribution in [0.4, 0.5) is 0 Å². The molecule has 3 N–H and O–H groups in total. The molecule has 1 heterocycles. The van der Waals surface area contributed by atoms with E-state index < -0.39 is 0 Å². The van der Waals surface area contributed by atoms with Crippen LogP contribution in [-0.2, 0) is 0 Å². The van der Waals surface area contributed by atoms with Gasteiger partial charge in [0.2, 0.25) is 0 Å². The van der Waals surface area contributed by atoms with Crippen LogP contribution in [0.3, 0.4) is 0 Å². The summed E-state index contributed by atoms with van der Waals surface area (Å²) in [5.41, 5.74) is 4.21. The summed E-state index contributed by atoms with van der Waals surface area (Å²) in [6.45, 7) is 4.30. The molecule has 1 rings (SSSR count). The van der Waals surface area contributed by atoms with E-state index in [0.717, 1.165) is 11.5 Å². The van der Waals surface area contributed by atoms with E-state index in [1.54, 1.807) is 11.3 Å². The number of rotatable bonds is 5. The molecule has 1 unspecified atom stereocenters. The lowest BCUT2D eigenvalue weighted by molar-refractivity contribution is 0.618. The topological polar surface area (TPSA) is 38.0 Å². The summed E-state index contributed by atoms with van der Waals surface area (Å²) in [5, 5.41) is 2.12. The van der Waals surface area contributed by atoms with E-state index in [0.29, 0.717) is 6.04 Å². The number of hydrogen-bond donors (Lipinski definition) is 2. The lowest BCUT2D eigenvalue weighted by Gasteiger charge is -2.14. The first kappa shape index (κ1) is 11.0. The summed E-state index contributed by atoms with van der Waals surface area (Å²) in [6.07, 6.45) is 0. The van der Waals surface area contributed by atoms with Gasteiger partial charge >= 0.3 is 0 Å². The van der Waals surface area contributed by atoms with Crippen molar-refractivity contribution in [2.45, 2.75) is 19.9 Å². The average molecular weight is 216 g/mol. The van der Waals surface area contributed by atoms with E-state index in [4.69, 9.17) is 5.84 Å². The standard InChI is InChI=1S/C9H16N2S2/c1-3-12-6-8(11-10)9-7(2)4-5-13-9/h4-5,8,11H,3,6,10H2,1-2H3. The normalized spacial score (nSPS) is 13.2. The summed E-state index contributed by atoms with van der Waals surface area (Å²) in [6, 6.07) is 2.45. The minimum atomic E-state index is 0.310. The quantitative estimate of drug-likeness (QED) is 0.586. The Labute approximate surface area is 87.9 Å². The van der Waals surface area contributed by atoms with E-state index in [1.807, 2.05) is 11.8 Å². The highest BCUT2D eigenvalue weighted by Crippen LogP contribution is 2.25. The van der Waals surface area contributed by atoms with Crippen molar-refractivity contribution in [3.05, 3.63) is 21.9 Å². The molecule has 0 amide bonds. The van der Waals surface area contributed by atoms with Crippen LogP contribution in [0, 0.1) is 6.92 Å². The lowest BCUT2D eigenvalue weighted by atomic mass is 10.2. The van der Waals surface area contributed by atoms with E-state index in [-0.39, 0.29) is 0 Å². The number of nitrogens with two attached hydrogens (primary N) is 1. The third-order valence-corrected chi connectivity index (χ3v) is 4.02. The maximum absolute atomic E-state index is 5.52. The molecule has 1 aromatic rings. The zero-order chi connectivity index (χ0) is 9.68. The van der Waals surface area contributed by atoms with Gasteiger partial charge in [-0.3, -0.25) is 11.3 Å². The minimum Gasteiger partial charge on any atom is -0.271 e. The Hall–Kier alpha value is -0.0300. The Morgan fingerprint density at radius 1 is 1.69 bits per heavy atom. The van der Waals surface area contributed by atoms with Gasteiger partial charge in [-0.2, -0.15) is 11.8 Å². The Bertz CT molecular complexity index is 248. The van der Waals surface area contributed by atoms with Crippen molar-refractivity contribution in [3.8, 4) is 0 Å². The Kier molecular flexibility index (Phi) is 4.80. The highest BCUT2D eigenvalue weighted by molar-refractivity contribution is 7.99. The molecule has 0 aliphatic heterocycles.